The van der Waals surface area contributed by atoms with Gasteiger partial charge in [-0.3, -0.25) is 4.72 Å². The average Bonchev–Trinajstić information content (AvgIpc) is 2.67. The molecule has 3 heterocycles. The molecule has 1 aliphatic heterocycles. The molecule has 2 aromatic heterocycles. The smallest absolute Gasteiger partial charge is 0.303 e. The molecule has 10 heteroatoms. The van der Waals surface area contributed by atoms with Gasteiger partial charge in [-0.25, -0.2) is 9.97 Å². The maximum absolute atomic E-state index is 12.7. The van der Waals surface area contributed by atoms with Crippen LogP contribution < -0.4 is 9.62 Å². The number of nitrogens with zero attached hydrogens (tertiary/aromatic N) is 5. The molecular weight excluding hydrogens is 368 g/mol. The summed E-state index contributed by atoms with van der Waals surface area (Å²) in [6.45, 7) is 2.81. The van der Waals surface area contributed by atoms with E-state index in [-0.39, 0.29) is 25.0 Å². The zero-order valence-electron chi connectivity index (χ0n) is 14.8. The lowest BCUT2D eigenvalue weighted by molar-refractivity contribution is 0.277. The minimum atomic E-state index is -3.78. The Hall–Kier alpha value is -2.74. The Labute approximate surface area is 158 Å². The lowest BCUT2D eigenvalue weighted by Gasteiger charge is -2.39. The average molecular weight is 388 g/mol. The van der Waals surface area contributed by atoms with E-state index >= 15 is 0 Å². The number of rotatable bonds is 5. The van der Waals surface area contributed by atoms with Crippen molar-refractivity contribution in [1.82, 2.24) is 14.3 Å². The number of nitrogens with one attached hydrogen (secondary N) is 1. The highest BCUT2D eigenvalue weighted by molar-refractivity contribution is 7.90. The molecule has 1 atom stereocenters. The fraction of sp³-hybridized carbons (Fsp3) is 0.353. The lowest BCUT2D eigenvalue weighted by Crippen LogP contribution is -2.55. The number of pyridine rings is 2. The first-order valence-electron chi connectivity index (χ1n) is 8.40. The Kier molecular flexibility index (Phi) is 5.55. The highest BCUT2D eigenvalue weighted by atomic mass is 32.2. The zero-order chi connectivity index (χ0) is 19.4. The van der Waals surface area contributed by atoms with Gasteiger partial charge in [-0.2, -0.15) is 18.0 Å². The van der Waals surface area contributed by atoms with Crippen LogP contribution in [-0.2, 0) is 16.8 Å². The molecule has 1 saturated heterocycles. The summed E-state index contributed by atoms with van der Waals surface area (Å²) in [5.41, 5.74) is 0.870. The normalized spacial score (nSPS) is 18.1. The van der Waals surface area contributed by atoms with E-state index in [1.807, 2.05) is 17.9 Å². The number of piperazine rings is 1. The first-order chi connectivity index (χ1) is 12.9. The molecule has 1 aliphatic rings. The van der Waals surface area contributed by atoms with Crippen LogP contribution in [0.5, 0.6) is 0 Å². The predicted molar refractivity (Wildman–Crippen MR) is 100 cm³/mol. The Bertz CT molecular complexity index is 942. The third kappa shape index (κ3) is 4.33. The first-order valence-corrected chi connectivity index (χ1v) is 9.84. The van der Waals surface area contributed by atoms with Crippen molar-refractivity contribution in [2.45, 2.75) is 19.6 Å². The van der Waals surface area contributed by atoms with Crippen molar-refractivity contribution in [3.63, 3.8) is 0 Å². The van der Waals surface area contributed by atoms with E-state index < -0.39 is 10.2 Å². The van der Waals surface area contributed by atoms with Gasteiger partial charge in [0, 0.05) is 31.9 Å². The molecule has 2 N–H and O–H groups in total. The number of nitriles is 1. The predicted octanol–water partition coefficient (Wildman–Crippen LogP) is 0.708. The van der Waals surface area contributed by atoms with Gasteiger partial charge < -0.3 is 10.0 Å². The second-order valence-corrected chi connectivity index (χ2v) is 7.83. The fourth-order valence-corrected chi connectivity index (χ4v) is 4.32. The third-order valence-electron chi connectivity index (χ3n) is 4.28. The second-order valence-electron chi connectivity index (χ2n) is 6.20. The minimum Gasteiger partial charge on any atom is -0.390 e. The fourth-order valence-electron chi connectivity index (χ4n) is 2.96. The van der Waals surface area contributed by atoms with Crippen molar-refractivity contribution in [3.05, 3.63) is 47.8 Å². The van der Waals surface area contributed by atoms with Crippen LogP contribution in [0.25, 0.3) is 0 Å². The summed E-state index contributed by atoms with van der Waals surface area (Å²) < 4.78 is 29.3. The zero-order valence-corrected chi connectivity index (χ0v) is 15.6. The van der Waals surface area contributed by atoms with Crippen LogP contribution >= 0.6 is 0 Å². The van der Waals surface area contributed by atoms with E-state index in [0.717, 1.165) is 0 Å². The van der Waals surface area contributed by atoms with E-state index in [4.69, 9.17) is 10.4 Å². The van der Waals surface area contributed by atoms with Gasteiger partial charge in [0.05, 0.1) is 17.9 Å². The molecule has 0 aromatic carbocycles. The third-order valence-corrected chi connectivity index (χ3v) is 5.91. The summed E-state index contributed by atoms with van der Waals surface area (Å²) in [6.07, 6.45) is 1.50. The maximum atomic E-state index is 12.7. The SMILES string of the molecule is CC1CN(c2ccc(C#N)cn2)CCN1S(=O)(=O)Nc1cccc(CO)n1. The van der Waals surface area contributed by atoms with E-state index in [1.54, 1.807) is 24.3 Å². The van der Waals surface area contributed by atoms with Crippen LogP contribution in [0.15, 0.2) is 36.5 Å². The minimum absolute atomic E-state index is 0.171. The quantitative estimate of drug-likeness (QED) is 0.773. The molecule has 1 unspecified atom stereocenters. The van der Waals surface area contributed by atoms with Gasteiger partial charge in [0.2, 0.25) is 0 Å². The summed E-state index contributed by atoms with van der Waals surface area (Å²) in [5, 5.41) is 18.0. The van der Waals surface area contributed by atoms with E-state index in [2.05, 4.69) is 14.7 Å². The summed E-state index contributed by atoms with van der Waals surface area (Å²) >= 11 is 0. The van der Waals surface area contributed by atoms with Gasteiger partial charge in [-0.1, -0.05) is 6.07 Å². The summed E-state index contributed by atoms with van der Waals surface area (Å²) in [7, 11) is -3.78. The molecule has 27 heavy (non-hydrogen) atoms. The molecular formula is C17H20N6O3S. The number of hydrogen-bond acceptors (Lipinski definition) is 7. The van der Waals surface area contributed by atoms with E-state index in [1.165, 1.54) is 16.6 Å². The van der Waals surface area contributed by atoms with Gasteiger partial charge in [-0.15, -0.1) is 0 Å². The Balaban J connectivity index is 1.70. The van der Waals surface area contributed by atoms with Gasteiger partial charge >= 0.3 is 10.2 Å². The topological polar surface area (TPSA) is 122 Å². The maximum Gasteiger partial charge on any atom is 0.303 e. The van der Waals surface area contributed by atoms with E-state index in [0.29, 0.717) is 30.2 Å². The van der Waals surface area contributed by atoms with E-state index in [9.17, 15) is 8.42 Å². The lowest BCUT2D eigenvalue weighted by atomic mass is 10.2. The highest BCUT2D eigenvalue weighted by Crippen LogP contribution is 2.20. The van der Waals surface area contributed by atoms with Crippen LogP contribution in [-0.4, -0.2) is 53.5 Å². The molecule has 142 valence electrons. The number of hydrogen-bond donors (Lipinski definition) is 2. The van der Waals surface area contributed by atoms with Crippen molar-refractivity contribution >= 4 is 21.8 Å². The van der Waals surface area contributed by atoms with Crippen molar-refractivity contribution in [2.75, 3.05) is 29.3 Å². The molecule has 3 rings (SSSR count). The van der Waals surface area contributed by atoms with Gasteiger partial charge in [0.25, 0.3) is 0 Å². The molecule has 1 fully saturated rings. The molecule has 0 bridgehead atoms. The number of aromatic nitrogens is 2. The second kappa shape index (κ2) is 7.87. The number of anilines is 2. The van der Waals surface area contributed by atoms with Crippen molar-refractivity contribution < 1.29 is 13.5 Å². The van der Waals surface area contributed by atoms with Gasteiger partial charge in [-0.05, 0) is 31.2 Å². The first kappa shape index (κ1) is 19.0. The molecule has 0 aliphatic carbocycles. The molecule has 0 spiro atoms. The summed E-state index contributed by atoms with van der Waals surface area (Å²) in [5.74, 6) is 0.883. The van der Waals surface area contributed by atoms with Gasteiger partial charge in [0.1, 0.15) is 17.7 Å². The van der Waals surface area contributed by atoms with Crippen LogP contribution in [0.4, 0.5) is 11.6 Å². The highest BCUT2D eigenvalue weighted by Gasteiger charge is 2.33. The number of aliphatic hydroxyl groups excluding tert-OH is 1. The molecule has 0 radical (unpaired) electrons. The van der Waals surface area contributed by atoms with Crippen LogP contribution in [0, 0.1) is 11.3 Å². The Morgan fingerprint density at radius 2 is 2.15 bits per heavy atom. The largest absolute Gasteiger partial charge is 0.390 e. The van der Waals surface area contributed by atoms with Crippen molar-refractivity contribution in [1.29, 1.82) is 5.26 Å². The number of aliphatic hydroxyl groups is 1. The Morgan fingerprint density at radius 3 is 2.78 bits per heavy atom. The van der Waals surface area contributed by atoms with Crippen LogP contribution in [0.1, 0.15) is 18.2 Å². The molecule has 9 nitrogen and oxygen atoms in total. The molecule has 0 amide bonds. The van der Waals surface area contributed by atoms with Crippen LogP contribution in [0.2, 0.25) is 0 Å². The monoisotopic (exact) mass is 388 g/mol. The van der Waals surface area contributed by atoms with Gasteiger partial charge in [0.15, 0.2) is 0 Å². The summed E-state index contributed by atoms with van der Waals surface area (Å²) in [4.78, 5) is 10.3. The Morgan fingerprint density at radius 1 is 1.33 bits per heavy atom. The molecule has 2 aromatic rings. The van der Waals surface area contributed by atoms with Crippen LogP contribution in [0.3, 0.4) is 0 Å². The van der Waals surface area contributed by atoms with Crippen molar-refractivity contribution in [3.8, 4) is 6.07 Å². The molecule has 0 saturated carbocycles. The standard InChI is InChI=1S/C17H20N6O3S/c1-13-11-22(17-6-5-14(9-18)10-19-17)7-8-23(13)27(25,26)21-16-4-2-3-15(12-24)20-16/h2-6,10,13,24H,7-8,11-12H2,1H3,(H,20,21). The summed E-state index contributed by atoms with van der Waals surface area (Å²) in [6, 6.07) is 9.99. The van der Waals surface area contributed by atoms with Crippen molar-refractivity contribution in [2.24, 2.45) is 0 Å².